The Kier molecular flexibility index (Phi) is 6.43. The van der Waals surface area contributed by atoms with Gasteiger partial charge in [0.15, 0.2) is 0 Å². The molecule has 0 fully saturated rings. The second kappa shape index (κ2) is 6.75. The van der Waals surface area contributed by atoms with Crippen LogP contribution in [0.15, 0.2) is 0 Å². The fourth-order valence-electron chi connectivity index (χ4n) is 0.954. The zero-order valence-corrected chi connectivity index (χ0v) is 10.8. The normalized spacial score (nSPS) is 13.2. The quantitative estimate of drug-likeness (QED) is 0.608. The van der Waals surface area contributed by atoms with Crippen LogP contribution in [0.4, 0.5) is 0 Å². The van der Waals surface area contributed by atoms with Crippen LogP contribution in [-0.2, 0) is 9.59 Å². The number of rotatable bonds is 7. The lowest BCUT2D eigenvalue weighted by Gasteiger charge is -2.27. The van der Waals surface area contributed by atoms with Crippen LogP contribution >= 0.6 is 11.8 Å². The summed E-state index contributed by atoms with van der Waals surface area (Å²) in [5, 5.41) is 11.5. The van der Waals surface area contributed by atoms with E-state index in [2.05, 4.69) is 5.32 Å². The van der Waals surface area contributed by atoms with Crippen LogP contribution in [0.5, 0.6) is 0 Å². The molecular formula is C10H20N2O3S. The van der Waals surface area contributed by atoms with Crippen LogP contribution in [0.2, 0.25) is 0 Å². The predicted octanol–water partition coefficient (Wildman–Crippen LogP) is 0.436. The Morgan fingerprint density at radius 3 is 2.50 bits per heavy atom. The van der Waals surface area contributed by atoms with E-state index >= 15 is 0 Å². The lowest BCUT2D eigenvalue weighted by atomic mass is 10.1. The number of nitrogens with one attached hydrogen (secondary N) is 1. The van der Waals surface area contributed by atoms with Crippen LogP contribution in [0, 0.1) is 0 Å². The summed E-state index contributed by atoms with van der Waals surface area (Å²) in [5.41, 5.74) is 5.53. The lowest BCUT2D eigenvalue weighted by molar-refractivity contribution is -0.139. The highest BCUT2D eigenvalue weighted by Gasteiger charge is 2.32. The van der Waals surface area contributed by atoms with E-state index in [1.54, 1.807) is 13.8 Å². The zero-order chi connectivity index (χ0) is 12.8. The maximum Gasteiger partial charge on any atom is 0.321 e. The van der Waals surface area contributed by atoms with Crippen molar-refractivity contribution in [2.24, 2.45) is 5.73 Å². The van der Waals surface area contributed by atoms with Gasteiger partial charge in [-0.1, -0.05) is 6.92 Å². The summed E-state index contributed by atoms with van der Waals surface area (Å²) in [6.07, 6.45) is 0.883. The van der Waals surface area contributed by atoms with E-state index in [1.165, 1.54) is 11.8 Å². The molecule has 0 heterocycles. The highest BCUT2D eigenvalue weighted by molar-refractivity contribution is 8.01. The van der Waals surface area contributed by atoms with Crippen molar-refractivity contribution in [1.82, 2.24) is 5.32 Å². The second-order valence-electron chi connectivity index (χ2n) is 4.06. The molecule has 0 rings (SSSR count). The van der Waals surface area contributed by atoms with Gasteiger partial charge in [-0.2, -0.15) is 0 Å². The van der Waals surface area contributed by atoms with Gasteiger partial charge in [0.2, 0.25) is 5.91 Å². The molecular weight excluding hydrogens is 228 g/mol. The molecule has 4 N–H and O–H groups in total. The first-order valence-corrected chi connectivity index (χ1v) is 6.19. The van der Waals surface area contributed by atoms with Crippen molar-refractivity contribution in [3.63, 3.8) is 0 Å². The number of nitrogens with two attached hydrogens (primary N) is 1. The van der Waals surface area contributed by atoms with Gasteiger partial charge in [-0.15, -0.1) is 11.8 Å². The molecule has 0 radical (unpaired) electrons. The smallest absolute Gasteiger partial charge is 0.321 e. The van der Waals surface area contributed by atoms with E-state index in [-0.39, 0.29) is 11.7 Å². The van der Waals surface area contributed by atoms with Gasteiger partial charge >= 0.3 is 5.97 Å². The van der Waals surface area contributed by atoms with Crippen molar-refractivity contribution in [1.29, 1.82) is 0 Å². The predicted molar refractivity (Wildman–Crippen MR) is 65.4 cm³/mol. The molecule has 94 valence electrons. The van der Waals surface area contributed by atoms with Crippen molar-refractivity contribution in [2.45, 2.75) is 38.0 Å². The topological polar surface area (TPSA) is 92.4 Å². The minimum absolute atomic E-state index is 0.0856. The minimum atomic E-state index is -1.05. The SMILES string of the molecule is CCCNC(=O)CSC(C)(C)[C@H](N)C(=O)O. The Morgan fingerprint density at radius 1 is 1.50 bits per heavy atom. The highest BCUT2D eigenvalue weighted by atomic mass is 32.2. The molecule has 0 aliphatic rings. The summed E-state index contributed by atoms with van der Waals surface area (Å²) in [5.74, 6) is -0.905. The van der Waals surface area contributed by atoms with E-state index in [0.717, 1.165) is 6.42 Å². The fraction of sp³-hybridized carbons (Fsp3) is 0.800. The molecule has 0 aliphatic carbocycles. The van der Waals surface area contributed by atoms with Crippen LogP contribution in [0.1, 0.15) is 27.2 Å². The molecule has 0 saturated heterocycles. The van der Waals surface area contributed by atoms with Crippen LogP contribution in [0.3, 0.4) is 0 Å². The molecule has 0 unspecified atom stereocenters. The second-order valence-corrected chi connectivity index (χ2v) is 5.69. The van der Waals surface area contributed by atoms with Crippen LogP contribution in [-0.4, -0.2) is 40.1 Å². The van der Waals surface area contributed by atoms with Gasteiger partial charge in [-0.3, -0.25) is 9.59 Å². The Hall–Kier alpha value is -0.750. The van der Waals surface area contributed by atoms with Gasteiger partial charge in [0.25, 0.3) is 0 Å². The molecule has 5 nitrogen and oxygen atoms in total. The number of carboxylic acids is 1. The number of carbonyl (C=O) groups is 2. The van der Waals surface area contributed by atoms with Gasteiger partial charge in [0.1, 0.15) is 6.04 Å². The average Bonchev–Trinajstić information content (AvgIpc) is 2.22. The number of hydrogen-bond donors (Lipinski definition) is 3. The summed E-state index contributed by atoms with van der Waals surface area (Å²) >= 11 is 1.26. The molecule has 0 spiro atoms. The third-order valence-electron chi connectivity index (χ3n) is 2.16. The monoisotopic (exact) mass is 248 g/mol. The number of hydrogen-bond acceptors (Lipinski definition) is 4. The largest absolute Gasteiger partial charge is 0.480 e. The number of aliphatic carboxylic acids is 1. The Bertz CT molecular complexity index is 256. The first kappa shape index (κ1) is 15.2. The summed E-state index contributed by atoms with van der Waals surface area (Å²) in [4.78, 5) is 22.0. The minimum Gasteiger partial charge on any atom is -0.480 e. The number of thioether (sulfide) groups is 1. The Labute approximate surface area is 100 Å². The zero-order valence-electron chi connectivity index (χ0n) is 9.95. The first-order valence-electron chi connectivity index (χ1n) is 5.20. The Morgan fingerprint density at radius 2 is 2.06 bits per heavy atom. The first-order chi connectivity index (χ1) is 7.31. The van der Waals surface area contributed by atoms with Gasteiger partial charge in [0, 0.05) is 11.3 Å². The molecule has 1 atom stereocenters. The van der Waals surface area contributed by atoms with E-state index in [1.807, 2.05) is 6.92 Å². The summed E-state index contributed by atoms with van der Waals surface area (Å²) in [7, 11) is 0. The van der Waals surface area contributed by atoms with Crippen molar-refractivity contribution >= 4 is 23.6 Å². The van der Waals surface area contributed by atoms with Crippen molar-refractivity contribution in [3.8, 4) is 0 Å². The summed E-state index contributed by atoms with van der Waals surface area (Å²) in [6, 6.07) is -0.975. The summed E-state index contributed by atoms with van der Waals surface area (Å²) in [6.45, 7) is 6.07. The highest BCUT2D eigenvalue weighted by Crippen LogP contribution is 2.27. The number of amides is 1. The third kappa shape index (κ3) is 5.37. The molecule has 0 saturated carbocycles. The van der Waals surface area contributed by atoms with Gasteiger partial charge in [-0.05, 0) is 20.3 Å². The van der Waals surface area contributed by atoms with Crippen molar-refractivity contribution < 1.29 is 14.7 Å². The summed E-state index contributed by atoms with van der Waals surface area (Å²) < 4.78 is -0.657. The van der Waals surface area contributed by atoms with E-state index < -0.39 is 16.8 Å². The van der Waals surface area contributed by atoms with Gasteiger partial charge < -0.3 is 16.2 Å². The molecule has 0 aromatic rings. The van der Waals surface area contributed by atoms with E-state index in [4.69, 9.17) is 10.8 Å². The average molecular weight is 248 g/mol. The standard InChI is InChI=1S/C10H20N2O3S/c1-4-5-12-7(13)6-16-10(2,3)8(11)9(14)15/h8H,4-6,11H2,1-3H3,(H,12,13)(H,14,15)/t8-/m1/s1. The number of carbonyl (C=O) groups excluding carboxylic acids is 1. The number of carboxylic acid groups (broad SMARTS) is 1. The fourth-order valence-corrected chi connectivity index (χ4v) is 1.84. The molecule has 16 heavy (non-hydrogen) atoms. The molecule has 6 heteroatoms. The molecule has 0 aromatic carbocycles. The van der Waals surface area contributed by atoms with E-state index in [9.17, 15) is 9.59 Å². The van der Waals surface area contributed by atoms with Gasteiger partial charge in [-0.25, -0.2) is 0 Å². The van der Waals surface area contributed by atoms with Crippen LogP contribution < -0.4 is 11.1 Å². The molecule has 0 aliphatic heterocycles. The van der Waals surface area contributed by atoms with E-state index in [0.29, 0.717) is 6.54 Å². The molecule has 0 aromatic heterocycles. The maximum atomic E-state index is 11.3. The van der Waals surface area contributed by atoms with Crippen molar-refractivity contribution in [3.05, 3.63) is 0 Å². The molecule has 1 amide bonds. The van der Waals surface area contributed by atoms with Gasteiger partial charge in [0.05, 0.1) is 5.75 Å². The Balaban J connectivity index is 4.08. The lowest BCUT2D eigenvalue weighted by Crippen LogP contribution is -2.47. The third-order valence-corrected chi connectivity index (χ3v) is 3.57. The van der Waals surface area contributed by atoms with Crippen LogP contribution in [0.25, 0.3) is 0 Å². The van der Waals surface area contributed by atoms with Crippen molar-refractivity contribution in [2.75, 3.05) is 12.3 Å². The molecule has 0 bridgehead atoms. The maximum absolute atomic E-state index is 11.3.